The van der Waals surface area contributed by atoms with Gasteiger partial charge in [0, 0.05) is 65.9 Å². The predicted molar refractivity (Wildman–Crippen MR) is 241 cm³/mol. The molecule has 14 heteroatoms. The average molecular weight is 847 g/mol. The van der Waals surface area contributed by atoms with Gasteiger partial charge in [0.15, 0.2) is 5.78 Å². The monoisotopic (exact) mass is 846 g/mol. The van der Waals surface area contributed by atoms with E-state index in [1.807, 2.05) is 98.9 Å². The highest BCUT2D eigenvalue weighted by atomic mass is 16.2. The Bertz CT molecular complexity index is 2300. The van der Waals surface area contributed by atoms with Crippen LogP contribution in [-0.4, -0.2) is 75.3 Å². The summed E-state index contributed by atoms with van der Waals surface area (Å²) in [7, 11) is 0. The number of hydrogen-bond donors (Lipinski definition) is 7. The van der Waals surface area contributed by atoms with E-state index in [9.17, 15) is 28.8 Å². The Hall–Kier alpha value is -6.12. The fourth-order valence-corrected chi connectivity index (χ4v) is 7.85. The number of carbonyl (C=O) groups is 6. The fraction of sp³-hybridized carbons (Fsp3) is 0.417. The van der Waals surface area contributed by atoms with Gasteiger partial charge in [0.1, 0.15) is 5.78 Å². The third kappa shape index (κ3) is 13.2. The minimum Gasteiger partial charge on any atom is -0.369 e. The van der Waals surface area contributed by atoms with E-state index in [0.29, 0.717) is 25.8 Å². The van der Waals surface area contributed by atoms with Crippen molar-refractivity contribution < 1.29 is 28.8 Å². The Morgan fingerprint density at radius 3 is 1.76 bits per heavy atom. The molecular formula is C48H62N8O6. The van der Waals surface area contributed by atoms with E-state index in [0.717, 1.165) is 38.5 Å². The summed E-state index contributed by atoms with van der Waals surface area (Å²) in [6.45, 7) is 5.95. The lowest BCUT2D eigenvalue weighted by Gasteiger charge is -2.29. The van der Waals surface area contributed by atoms with Crippen LogP contribution in [0.1, 0.15) is 76.0 Å². The summed E-state index contributed by atoms with van der Waals surface area (Å²) in [6.07, 6.45) is 5.19. The maximum absolute atomic E-state index is 14.6. The summed E-state index contributed by atoms with van der Waals surface area (Å²) in [5.74, 6) is -5.49. The first-order valence-corrected chi connectivity index (χ1v) is 21.6. The molecule has 0 fully saturated rings. The molecule has 10 N–H and O–H groups in total. The summed E-state index contributed by atoms with van der Waals surface area (Å²) in [5, 5.41) is 6.01. The van der Waals surface area contributed by atoms with Crippen molar-refractivity contribution in [1.82, 2.24) is 25.7 Å². The standard InChI is InChI=1S/C48H62N8O6/c1-30(2)29-56(55-48(62)34(25-43(57)31(3)50)22-36-27-52-40-18-9-7-16-38(36)40)45(59)26-35(23-37-28-53-41-19-10-8-17-39(37)41)47(61)54-42(21-32-13-5-4-6-14-32)44(58)24-33(46(51)60)15-11-12-20-49/h4-10,13-14,16-19,27-28,30-31,33-35,42,52-53H,11-12,15,20-26,29,49-50H2,1-3H3,(H2,51,60)(H,54,61)(H,55,62)/t31-,33+,34-,35+,42+/m0/s1. The number of unbranched alkanes of at least 4 members (excludes halogenated alkanes) is 1. The second-order valence-corrected chi connectivity index (χ2v) is 16.9. The van der Waals surface area contributed by atoms with Gasteiger partial charge < -0.3 is 32.5 Å². The zero-order valence-corrected chi connectivity index (χ0v) is 36.0. The minimum absolute atomic E-state index is 0.0890. The lowest BCUT2D eigenvalue weighted by molar-refractivity contribution is -0.146. The van der Waals surface area contributed by atoms with Crippen molar-refractivity contribution in [3.8, 4) is 0 Å². The van der Waals surface area contributed by atoms with Crippen LogP contribution in [0, 0.1) is 23.7 Å². The number of carbonyl (C=O) groups excluding carboxylic acids is 6. The molecule has 0 aliphatic rings. The lowest BCUT2D eigenvalue weighted by Crippen LogP contribution is -2.52. The number of aromatic amines is 2. The van der Waals surface area contributed by atoms with Crippen molar-refractivity contribution in [2.75, 3.05) is 13.1 Å². The van der Waals surface area contributed by atoms with Crippen molar-refractivity contribution in [2.45, 2.75) is 90.6 Å². The molecule has 3 aromatic carbocycles. The third-order valence-electron chi connectivity index (χ3n) is 11.3. The molecule has 0 aliphatic carbocycles. The number of amides is 4. The molecule has 4 amide bonds. The van der Waals surface area contributed by atoms with Crippen LogP contribution < -0.4 is 27.9 Å². The van der Waals surface area contributed by atoms with Crippen molar-refractivity contribution in [2.24, 2.45) is 40.9 Å². The molecule has 0 saturated heterocycles. The second kappa shape index (κ2) is 22.6. The quantitative estimate of drug-likeness (QED) is 0.0336. The topological polar surface area (TPSA) is 239 Å². The van der Waals surface area contributed by atoms with E-state index in [2.05, 4.69) is 20.7 Å². The highest BCUT2D eigenvalue weighted by molar-refractivity contribution is 5.95. The number of hydrogen-bond acceptors (Lipinski definition) is 8. The zero-order valence-electron chi connectivity index (χ0n) is 36.0. The molecule has 0 unspecified atom stereocenters. The van der Waals surface area contributed by atoms with Gasteiger partial charge >= 0.3 is 0 Å². The van der Waals surface area contributed by atoms with Gasteiger partial charge in [-0.25, -0.2) is 0 Å². The molecule has 2 heterocycles. The fourth-order valence-electron chi connectivity index (χ4n) is 7.85. The van der Waals surface area contributed by atoms with Crippen molar-refractivity contribution in [3.05, 3.63) is 108 Å². The Morgan fingerprint density at radius 1 is 0.661 bits per heavy atom. The molecule has 5 rings (SSSR count). The molecule has 0 spiro atoms. The highest BCUT2D eigenvalue weighted by Crippen LogP contribution is 2.26. The van der Waals surface area contributed by atoms with Crippen LogP contribution in [0.3, 0.4) is 0 Å². The molecule has 0 aliphatic heterocycles. The van der Waals surface area contributed by atoms with Gasteiger partial charge in [-0.1, -0.05) is 87.0 Å². The lowest BCUT2D eigenvalue weighted by atomic mass is 9.89. The molecule has 62 heavy (non-hydrogen) atoms. The number of nitrogens with two attached hydrogens (primary N) is 3. The van der Waals surface area contributed by atoms with E-state index in [1.54, 1.807) is 13.1 Å². The molecular weight excluding hydrogens is 785 g/mol. The van der Waals surface area contributed by atoms with E-state index in [-0.39, 0.29) is 62.6 Å². The van der Waals surface area contributed by atoms with Gasteiger partial charge in [-0.05, 0) is 80.3 Å². The van der Waals surface area contributed by atoms with Crippen LogP contribution in [0.5, 0.6) is 0 Å². The molecule has 14 nitrogen and oxygen atoms in total. The van der Waals surface area contributed by atoms with Crippen LogP contribution in [0.15, 0.2) is 91.3 Å². The number of hydrazine groups is 1. The molecule has 2 aromatic heterocycles. The van der Waals surface area contributed by atoms with Crippen molar-refractivity contribution >= 4 is 57.0 Å². The number of nitrogens with zero attached hydrogens (tertiary/aromatic N) is 1. The van der Waals surface area contributed by atoms with Gasteiger partial charge in [0.05, 0.1) is 23.9 Å². The first-order valence-electron chi connectivity index (χ1n) is 21.6. The number of primary amides is 1. The summed E-state index contributed by atoms with van der Waals surface area (Å²) in [5.41, 5.74) is 24.4. The van der Waals surface area contributed by atoms with Crippen molar-refractivity contribution in [1.29, 1.82) is 0 Å². The van der Waals surface area contributed by atoms with Crippen LogP contribution in [0.4, 0.5) is 0 Å². The van der Waals surface area contributed by atoms with E-state index < -0.39 is 53.5 Å². The molecule has 0 saturated carbocycles. The Labute approximate surface area is 363 Å². The average Bonchev–Trinajstić information content (AvgIpc) is 3.86. The number of fused-ring (bicyclic) bond motifs is 2. The number of benzene rings is 3. The molecule has 0 radical (unpaired) electrons. The molecule has 5 atom stereocenters. The smallest absolute Gasteiger partial charge is 0.242 e. The SMILES string of the molecule is CC(C)CN(NC(=O)[C@H](CC(=O)[C@H](C)N)Cc1c[nH]c2ccccc12)C(=O)C[C@@H](Cc1c[nH]c2ccccc12)C(=O)N[C@H](Cc1ccccc1)C(=O)C[C@@H](CCCCN)C(N)=O. The molecule has 5 aromatic rings. The van der Waals surface area contributed by atoms with Crippen LogP contribution >= 0.6 is 0 Å². The van der Waals surface area contributed by atoms with Crippen molar-refractivity contribution in [3.63, 3.8) is 0 Å². The maximum atomic E-state index is 14.6. The van der Waals surface area contributed by atoms with E-state index >= 15 is 0 Å². The number of H-pyrrole nitrogens is 2. The van der Waals surface area contributed by atoms with Gasteiger partial charge in [0.2, 0.25) is 23.6 Å². The van der Waals surface area contributed by atoms with Crippen LogP contribution in [0.25, 0.3) is 21.8 Å². The number of nitrogens with one attached hydrogen (secondary N) is 4. The van der Waals surface area contributed by atoms with Gasteiger partial charge in [-0.2, -0.15) is 0 Å². The number of para-hydroxylation sites is 2. The highest BCUT2D eigenvalue weighted by Gasteiger charge is 2.33. The second-order valence-electron chi connectivity index (χ2n) is 16.9. The van der Waals surface area contributed by atoms with Gasteiger partial charge in [-0.3, -0.25) is 39.2 Å². The summed E-state index contributed by atoms with van der Waals surface area (Å²) < 4.78 is 0. The largest absolute Gasteiger partial charge is 0.369 e. The number of rotatable bonds is 24. The van der Waals surface area contributed by atoms with Crippen LogP contribution in [0.2, 0.25) is 0 Å². The van der Waals surface area contributed by atoms with Crippen LogP contribution in [-0.2, 0) is 48.0 Å². The third-order valence-corrected chi connectivity index (χ3v) is 11.3. The van der Waals surface area contributed by atoms with Gasteiger partial charge in [0.25, 0.3) is 0 Å². The molecule has 0 bridgehead atoms. The summed E-state index contributed by atoms with van der Waals surface area (Å²) >= 11 is 0. The van der Waals surface area contributed by atoms with E-state index in [4.69, 9.17) is 17.2 Å². The first-order chi connectivity index (χ1) is 29.7. The number of Topliss-reactive ketones (excluding diaryl/α,β-unsaturated/α-hetero) is 2. The summed E-state index contributed by atoms with van der Waals surface area (Å²) in [6, 6.07) is 22.7. The summed E-state index contributed by atoms with van der Waals surface area (Å²) in [4.78, 5) is 89.4. The predicted octanol–water partition coefficient (Wildman–Crippen LogP) is 4.80. The first kappa shape index (κ1) is 46.9. The molecule has 330 valence electrons. The number of aromatic nitrogens is 2. The minimum atomic E-state index is -1.03. The Balaban J connectivity index is 1.43. The Kier molecular flexibility index (Phi) is 17.1. The van der Waals surface area contributed by atoms with E-state index in [1.165, 1.54) is 5.01 Å². The zero-order chi connectivity index (χ0) is 44.8. The normalized spacial score (nSPS) is 13.9. The maximum Gasteiger partial charge on any atom is 0.242 e. The Morgan fingerprint density at radius 2 is 1.21 bits per heavy atom. The number of ketones is 2. The van der Waals surface area contributed by atoms with Gasteiger partial charge in [-0.15, -0.1) is 0 Å².